The number of carbonyl (C=O) groups excluding carboxylic acids is 1. The van der Waals surface area contributed by atoms with Crippen LogP contribution in [0.4, 0.5) is 8.78 Å². The van der Waals surface area contributed by atoms with Gasteiger partial charge in [-0.2, -0.15) is 13.9 Å². The van der Waals surface area contributed by atoms with Crippen LogP contribution >= 0.6 is 0 Å². The lowest BCUT2D eigenvalue weighted by Crippen LogP contribution is -2.26. The third kappa shape index (κ3) is 4.13. The van der Waals surface area contributed by atoms with Crippen molar-refractivity contribution in [2.75, 3.05) is 7.11 Å². The molecule has 170 valence electrons. The monoisotopic (exact) mass is 453 g/mol. The van der Waals surface area contributed by atoms with Crippen molar-refractivity contribution in [3.8, 4) is 33.8 Å². The van der Waals surface area contributed by atoms with E-state index >= 15 is 0 Å². The van der Waals surface area contributed by atoms with E-state index in [1.54, 1.807) is 23.2 Å². The van der Waals surface area contributed by atoms with Gasteiger partial charge in [0.25, 0.3) is 5.91 Å². The molecule has 0 bridgehead atoms. The van der Waals surface area contributed by atoms with Crippen LogP contribution in [-0.4, -0.2) is 35.5 Å². The Bertz CT molecular complexity index is 1340. The van der Waals surface area contributed by atoms with Gasteiger partial charge >= 0.3 is 6.61 Å². The number of methoxy groups -OCH3 is 1. The number of furan rings is 1. The summed E-state index contributed by atoms with van der Waals surface area (Å²) < 4.78 is 44.0. The molecule has 9 heteroatoms. The van der Waals surface area contributed by atoms with Crippen LogP contribution in [0.15, 0.2) is 53.4 Å². The Balaban J connectivity index is 1.58. The van der Waals surface area contributed by atoms with Crippen molar-refractivity contribution in [1.29, 1.82) is 0 Å². The fourth-order valence-electron chi connectivity index (χ4n) is 3.81. The topological polar surface area (TPSA) is 78.5 Å². The molecule has 1 aliphatic rings. The smallest absolute Gasteiger partial charge is 0.387 e. The Labute approximate surface area is 187 Å². The highest BCUT2D eigenvalue weighted by Gasteiger charge is 2.29. The number of hydrogen-bond donors (Lipinski definition) is 1. The molecule has 1 aliphatic carbocycles. The molecule has 1 saturated carbocycles. The second-order valence-corrected chi connectivity index (χ2v) is 7.94. The molecule has 0 atom stereocenters. The summed E-state index contributed by atoms with van der Waals surface area (Å²) in [6.07, 6.45) is 6.92. The molecule has 5 rings (SSSR count). The average Bonchev–Trinajstić information content (AvgIpc) is 3.32. The van der Waals surface area contributed by atoms with Gasteiger partial charge in [-0.05, 0) is 48.2 Å². The Hall–Kier alpha value is -3.88. The zero-order valence-corrected chi connectivity index (χ0v) is 18.0. The molecule has 0 spiro atoms. The Morgan fingerprint density at radius 3 is 2.64 bits per heavy atom. The minimum Gasteiger partial charge on any atom is -0.496 e. The van der Waals surface area contributed by atoms with Crippen LogP contribution in [0.2, 0.25) is 0 Å². The van der Waals surface area contributed by atoms with E-state index in [-0.39, 0.29) is 23.1 Å². The van der Waals surface area contributed by atoms with E-state index in [4.69, 9.17) is 13.9 Å². The number of benzene rings is 2. The summed E-state index contributed by atoms with van der Waals surface area (Å²) in [6.45, 7) is -3.10. The molecule has 2 aromatic carbocycles. The van der Waals surface area contributed by atoms with E-state index < -0.39 is 12.5 Å². The second-order valence-electron chi connectivity index (χ2n) is 7.94. The molecule has 7 nitrogen and oxygen atoms in total. The van der Waals surface area contributed by atoms with Crippen molar-refractivity contribution in [1.82, 2.24) is 15.1 Å². The summed E-state index contributed by atoms with van der Waals surface area (Å²) in [4.78, 5) is 12.7. The summed E-state index contributed by atoms with van der Waals surface area (Å²) in [6, 6.07) is 8.80. The van der Waals surface area contributed by atoms with Crippen molar-refractivity contribution in [3.05, 3.63) is 54.6 Å². The largest absolute Gasteiger partial charge is 0.496 e. The molecule has 33 heavy (non-hydrogen) atoms. The predicted octanol–water partition coefficient (Wildman–Crippen LogP) is 5.00. The van der Waals surface area contributed by atoms with Crippen molar-refractivity contribution >= 4 is 16.9 Å². The Morgan fingerprint density at radius 2 is 1.97 bits per heavy atom. The summed E-state index contributed by atoms with van der Waals surface area (Å²) >= 11 is 0. The minimum atomic E-state index is -3.10. The highest BCUT2D eigenvalue weighted by Crippen LogP contribution is 2.40. The fraction of sp³-hybridized carbons (Fsp3) is 0.250. The number of aromatic nitrogens is 2. The van der Waals surface area contributed by atoms with Crippen LogP contribution in [0, 0.1) is 0 Å². The van der Waals surface area contributed by atoms with Crippen LogP contribution in [0.5, 0.6) is 11.5 Å². The molecule has 4 aromatic rings. The van der Waals surface area contributed by atoms with Crippen molar-refractivity contribution in [3.63, 3.8) is 0 Å². The molecule has 0 radical (unpaired) electrons. The zero-order chi connectivity index (χ0) is 23.1. The van der Waals surface area contributed by atoms with E-state index in [1.807, 2.05) is 31.4 Å². The van der Waals surface area contributed by atoms with Gasteiger partial charge in [-0.1, -0.05) is 6.07 Å². The molecule has 1 amide bonds. The molecule has 0 aliphatic heterocycles. The van der Waals surface area contributed by atoms with Crippen LogP contribution in [-0.2, 0) is 7.05 Å². The van der Waals surface area contributed by atoms with Crippen LogP contribution in [0.25, 0.3) is 33.2 Å². The number of amides is 1. The van der Waals surface area contributed by atoms with Gasteiger partial charge < -0.3 is 19.2 Å². The predicted molar refractivity (Wildman–Crippen MR) is 118 cm³/mol. The van der Waals surface area contributed by atoms with Gasteiger partial charge in [0.2, 0.25) is 0 Å². The van der Waals surface area contributed by atoms with Crippen molar-refractivity contribution < 1.29 is 27.5 Å². The van der Waals surface area contributed by atoms with E-state index in [0.29, 0.717) is 16.7 Å². The molecule has 0 saturated heterocycles. The lowest BCUT2D eigenvalue weighted by Gasteiger charge is -2.16. The lowest BCUT2D eigenvalue weighted by atomic mass is 9.99. The third-order valence-corrected chi connectivity index (χ3v) is 5.57. The van der Waals surface area contributed by atoms with Gasteiger partial charge in [-0.15, -0.1) is 0 Å². The molecule has 2 aromatic heterocycles. The number of ether oxygens (including phenoxy) is 2. The third-order valence-electron chi connectivity index (χ3n) is 5.57. The maximum absolute atomic E-state index is 13.2. The number of alkyl halides is 2. The Kier molecular flexibility index (Phi) is 5.24. The normalized spacial score (nSPS) is 13.5. The second kappa shape index (κ2) is 8.23. The van der Waals surface area contributed by atoms with Gasteiger partial charge in [-0.3, -0.25) is 9.48 Å². The number of nitrogens with zero attached hydrogens (tertiary/aromatic N) is 2. The maximum atomic E-state index is 13.2. The standard InChI is InChI=1S/C24H21F2N3O4/c1-29-11-15(10-27-29)13-3-6-17-18(12-32-19(17)7-13)14-8-20(31-2)22(21(9-14)33-24(25)26)23(30)28-16-4-5-16/h3,6-12,16,24H,4-5H2,1-2H3,(H,28,30). The van der Waals surface area contributed by atoms with Crippen molar-refractivity contribution in [2.24, 2.45) is 7.05 Å². The minimum absolute atomic E-state index is 0.0492. The van der Waals surface area contributed by atoms with Gasteiger partial charge in [0.15, 0.2) is 0 Å². The molecular weight excluding hydrogens is 432 g/mol. The first-order chi connectivity index (χ1) is 15.9. The summed E-state index contributed by atoms with van der Waals surface area (Å²) in [5.74, 6) is -0.615. The summed E-state index contributed by atoms with van der Waals surface area (Å²) in [5, 5.41) is 7.76. The molecule has 2 heterocycles. The zero-order valence-electron chi connectivity index (χ0n) is 18.0. The molecule has 0 unspecified atom stereocenters. The van der Waals surface area contributed by atoms with Crippen LogP contribution < -0.4 is 14.8 Å². The van der Waals surface area contributed by atoms with E-state index in [9.17, 15) is 13.6 Å². The highest BCUT2D eigenvalue weighted by atomic mass is 19.3. The number of halogens is 2. The first kappa shape index (κ1) is 21.0. The quantitative estimate of drug-likeness (QED) is 0.426. The number of fused-ring (bicyclic) bond motifs is 1. The SMILES string of the molecule is COc1cc(-c2coc3cc(-c4cnn(C)c4)ccc23)cc(OC(F)F)c1C(=O)NC1CC1. The summed E-state index contributed by atoms with van der Waals surface area (Å²) in [5.41, 5.74) is 3.63. The Morgan fingerprint density at radius 1 is 1.18 bits per heavy atom. The molecule has 1 fully saturated rings. The van der Waals surface area contributed by atoms with E-state index in [2.05, 4.69) is 10.4 Å². The maximum Gasteiger partial charge on any atom is 0.387 e. The summed E-state index contributed by atoms with van der Waals surface area (Å²) in [7, 11) is 3.22. The van der Waals surface area contributed by atoms with E-state index in [0.717, 1.165) is 29.4 Å². The number of rotatable bonds is 7. The first-order valence-corrected chi connectivity index (χ1v) is 10.4. The van der Waals surface area contributed by atoms with Crippen LogP contribution in [0.3, 0.4) is 0 Å². The average molecular weight is 453 g/mol. The number of aryl methyl sites for hydroxylation is 1. The van der Waals surface area contributed by atoms with Gasteiger partial charge in [-0.25, -0.2) is 0 Å². The highest BCUT2D eigenvalue weighted by molar-refractivity contribution is 6.02. The van der Waals surface area contributed by atoms with Gasteiger partial charge in [0, 0.05) is 35.8 Å². The first-order valence-electron chi connectivity index (χ1n) is 10.4. The van der Waals surface area contributed by atoms with E-state index in [1.165, 1.54) is 13.2 Å². The number of hydrogen-bond acceptors (Lipinski definition) is 5. The molecular formula is C24H21F2N3O4. The molecule has 1 N–H and O–H groups in total. The van der Waals surface area contributed by atoms with Gasteiger partial charge in [0.05, 0.1) is 19.6 Å². The lowest BCUT2D eigenvalue weighted by molar-refractivity contribution is -0.0502. The number of carbonyl (C=O) groups is 1. The van der Waals surface area contributed by atoms with Crippen molar-refractivity contribution in [2.45, 2.75) is 25.5 Å². The van der Waals surface area contributed by atoms with Crippen LogP contribution in [0.1, 0.15) is 23.2 Å². The fourth-order valence-corrected chi connectivity index (χ4v) is 3.81. The number of nitrogens with one attached hydrogen (secondary N) is 1. The van der Waals surface area contributed by atoms with Gasteiger partial charge in [0.1, 0.15) is 22.6 Å².